The van der Waals surface area contributed by atoms with Crippen molar-refractivity contribution < 1.29 is 13.6 Å². The molecule has 0 radical (unpaired) electrons. The number of benzene rings is 1. The van der Waals surface area contributed by atoms with Gasteiger partial charge in [-0.15, -0.1) is 0 Å². The largest absolute Gasteiger partial charge is 0.383 e. The van der Waals surface area contributed by atoms with E-state index in [1.165, 1.54) is 28.1 Å². The van der Waals surface area contributed by atoms with Crippen molar-refractivity contribution in [3.63, 3.8) is 0 Å². The van der Waals surface area contributed by atoms with Crippen LogP contribution < -0.4 is 10.6 Å². The van der Waals surface area contributed by atoms with Crippen LogP contribution in [-0.2, 0) is 7.05 Å². The van der Waals surface area contributed by atoms with Gasteiger partial charge < -0.3 is 15.2 Å². The third-order valence-electron chi connectivity index (χ3n) is 5.98. The number of likely N-dealkylation sites (N-methyl/N-ethyl adjacent to an activating group) is 1. The SMILES string of the molecule is Cc1nc(N)c2c(-c3ccc(N4CC(c5cncc(F)c5)N(C)C4=O)cc3F)cn(C)c2n1. The zero-order valence-electron chi connectivity index (χ0n) is 18.3. The molecule has 1 fully saturated rings. The fourth-order valence-corrected chi connectivity index (χ4v) is 4.36. The number of hydrogen-bond donors (Lipinski definition) is 1. The molecule has 1 unspecified atom stereocenters. The summed E-state index contributed by atoms with van der Waals surface area (Å²) in [6, 6.07) is 5.25. The summed E-state index contributed by atoms with van der Waals surface area (Å²) in [6.07, 6.45) is 4.40. The number of hydrogen-bond acceptors (Lipinski definition) is 5. The van der Waals surface area contributed by atoms with Gasteiger partial charge >= 0.3 is 6.03 Å². The quantitative estimate of drug-likeness (QED) is 0.513. The van der Waals surface area contributed by atoms with Crippen molar-refractivity contribution in [2.45, 2.75) is 13.0 Å². The Morgan fingerprint density at radius 3 is 2.61 bits per heavy atom. The van der Waals surface area contributed by atoms with Crippen LogP contribution in [0.4, 0.5) is 25.1 Å². The molecule has 4 aromatic rings. The number of anilines is 2. The van der Waals surface area contributed by atoms with Crippen molar-refractivity contribution in [1.29, 1.82) is 0 Å². The monoisotopic (exact) mass is 449 g/mol. The lowest BCUT2D eigenvalue weighted by atomic mass is 10.0. The molecular formula is C23H21F2N7O. The zero-order chi connectivity index (χ0) is 23.4. The summed E-state index contributed by atoms with van der Waals surface area (Å²) in [6.45, 7) is 1.99. The first-order chi connectivity index (χ1) is 15.7. The summed E-state index contributed by atoms with van der Waals surface area (Å²) >= 11 is 0. The maximum atomic E-state index is 15.3. The second-order valence-electron chi connectivity index (χ2n) is 8.13. The molecule has 168 valence electrons. The van der Waals surface area contributed by atoms with E-state index >= 15 is 4.39 Å². The lowest BCUT2D eigenvalue weighted by Gasteiger charge is -2.17. The van der Waals surface area contributed by atoms with E-state index in [9.17, 15) is 9.18 Å². The van der Waals surface area contributed by atoms with Gasteiger partial charge in [0.2, 0.25) is 0 Å². The van der Waals surface area contributed by atoms with Crippen LogP contribution in [0.2, 0.25) is 0 Å². The lowest BCUT2D eigenvalue weighted by Crippen LogP contribution is -2.29. The molecular weight excluding hydrogens is 428 g/mol. The van der Waals surface area contributed by atoms with Crippen molar-refractivity contribution >= 4 is 28.6 Å². The first-order valence-electron chi connectivity index (χ1n) is 10.3. The van der Waals surface area contributed by atoms with Gasteiger partial charge in [0.1, 0.15) is 28.9 Å². The van der Waals surface area contributed by atoms with Crippen molar-refractivity contribution in [2.75, 3.05) is 24.2 Å². The molecule has 0 saturated carbocycles. The average molecular weight is 449 g/mol. The molecule has 0 bridgehead atoms. The summed E-state index contributed by atoms with van der Waals surface area (Å²) in [5, 5.41) is 0.574. The van der Waals surface area contributed by atoms with Crippen LogP contribution >= 0.6 is 0 Å². The number of aromatic nitrogens is 4. The molecule has 5 rings (SSSR count). The molecule has 3 aromatic heterocycles. The number of nitrogens with zero attached hydrogens (tertiary/aromatic N) is 6. The number of carbonyl (C=O) groups excluding carboxylic acids is 1. The number of nitrogens with two attached hydrogens (primary N) is 1. The Hall–Kier alpha value is -4.08. The summed E-state index contributed by atoms with van der Waals surface area (Å²) in [7, 11) is 3.44. The molecule has 0 spiro atoms. The van der Waals surface area contributed by atoms with Crippen molar-refractivity contribution in [2.24, 2.45) is 7.05 Å². The molecule has 1 aliphatic rings. The van der Waals surface area contributed by atoms with Gasteiger partial charge in [0.05, 0.1) is 24.2 Å². The molecule has 33 heavy (non-hydrogen) atoms. The van der Waals surface area contributed by atoms with Gasteiger partial charge in [-0.3, -0.25) is 9.88 Å². The van der Waals surface area contributed by atoms with Crippen LogP contribution in [-0.4, -0.2) is 44.0 Å². The number of rotatable bonds is 3. The van der Waals surface area contributed by atoms with Gasteiger partial charge in [-0.25, -0.2) is 23.5 Å². The number of urea groups is 1. The number of pyridine rings is 1. The van der Waals surface area contributed by atoms with E-state index in [-0.39, 0.29) is 18.4 Å². The Morgan fingerprint density at radius 2 is 1.88 bits per heavy atom. The normalized spacial score (nSPS) is 16.3. The fourth-order valence-electron chi connectivity index (χ4n) is 4.36. The van der Waals surface area contributed by atoms with Gasteiger partial charge in [0, 0.05) is 43.3 Å². The van der Waals surface area contributed by atoms with Gasteiger partial charge in [0.25, 0.3) is 0 Å². The minimum Gasteiger partial charge on any atom is -0.383 e. The average Bonchev–Trinajstić information content (AvgIpc) is 3.25. The van der Waals surface area contributed by atoms with E-state index in [0.717, 1.165) is 6.20 Å². The molecule has 1 atom stereocenters. The predicted octanol–water partition coefficient (Wildman–Crippen LogP) is 3.81. The number of aryl methyl sites for hydroxylation is 2. The topological polar surface area (TPSA) is 93.2 Å². The second-order valence-corrected chi connectivity index (χ2v) is 8.13. The minimum absolute atomic E-state index is 0.244. The highest BCUT2D eigenvalue weighted by molar-refractivity contribution is 6.01. The van der Waals surface area contributed by atoms with Crippen molar-refractivity contribution in [1.82, 2.24) is 24.4 Å². The van der Waals surface area contributed by atoms with Crippen LogP contribution in [0.5, 0.6) is 0 Å². The number of amides is 2. The predicted molar refractivity (Wildman–Crippen MR) is 120 cm³/mol. The van der Waals surface area contributed by atoms with Gasteiger partial charge in [0.15, 0.2) is 0 Å². The Bertz CT molecular complexity index is 1420. The lowest BCUT2D eigenvalue weighted by molar-refractivity contribution is 0.219. The standard InChI is InChI=1S/C23H21F2N7O/c1-12-28-21(26)20-17(10-30(2)22(20)29-12)16-5-4-15(7-18(16)25)32-11-19(31(3)23(32)33)13-6-14(24)9-27-8-13/h4-10,19H,11H2,1-3H3,(H2,26,28,29). The highest BCUT2D eigenvalue weighted by Crippen LogP contribution is 2.37. The van der Waals surface area contributed by atoms with Crippen LogP contribution in [0.15, 0.2) is 42.9 Å². The summed E-state index contributed by atoms with van der Waals surface area (Å²) in [5.41, 5.74) is 8.62. The number of nitrogen functional groups attached to an aromatic ring is 1. The Kier molecular flexibility index (Phi) is 4.73. The van der Waals surface area contributed by atoms with Crippen molar-refractivity contribution in [3.8, 4) is 11.1 Å². The maximum Gasteiger partial charge on any atom is 0.324 e. The second kappa shape index (κ2) is 7.51. The highest BCUT2D eigenvalue weighted by atomic mass is 19.1. The van der Waals surface area contributed by atoms with E-state index < -0.39 is 17.7 Å². The molecule has 2 N–H and O–H groups in total. The number of carbonyl (C=O) groups is 1. The maximum absolute atomic E-state index is 15.3. The van der Waals surface area contributed by atoms with E-state index in [1.807, 2.05) is 7.05 Å². The van der Waals surface area contributed by atoms with Gasteiger partial charge in [-0.1, -0.05) is 0 Å². The van der Waals surface area contributed by atoms with E-state index in [2.05, 4.69) is 15.0 Å². The Balaban J connectivity index is 1.52. The summed E-state index contributed by atoms with van der Waals surface area (Å²) < 4.78 is 30.7. The van der Waals surface area contributed by atoms with Crippen LogP contribution in [0, 0.1) is 18.6 Å². The Morgan fingerprint density at radius 1 is 1.09 bits per heavy atom. The first kappa shape index (κ1) is 20.8. The Labute approximate surface area is 188 Å². The molecule has 1 aliphatic heterocycles. The minimum atomic E-state index is -0.508. The summed E-state index contributed by atoms with van der Waals surface area (Å²) in [5.74, 6) is -0.176. The molecule has 4 heterocycles. The third-order valence-corrected chi connectivity index (χ3v) is 5.98. The molecule has 1 saturated heterocycles. The number of fused-ring (bicyclic) bond motifs is 1. The van der Waals surface area contributed by atoms with E-state index in [0.29, 0.717) is 39.2 Å². The van der Waals surface area contributed by atoms with E-state index in [1.54, 1.807) is 36.9 Å². The van der Waals surface area contributed by atoms with Crippen LogP contribution in [0.3, 0.4) is 0 Å². The molecule has 0 aliphatic carbocycles. The van der Waals surface area contributed by atoms with Gasteiger partial charge in [-0.2, -0.15) is 0 Å². The van der Waals surface area contributed by atoms with Crippen molar-refractivity contribution in [3.05, 3.63) is 65.9 Å². The smallest absolute Gasteiger partial charge is 0.324 e. The zero-order valence-corrected chi connectivity index (χ0v) is 18.3. The number of halogens is 2. The fraction of sp³-hybridized carbons (Fsp3) is 0.217. The molecule has 8 nitrogen and oxygen atoms in total. The molecule has 1 aromatic carbocycles. The highest BCUT2D eigenvalue weighted by Gasteiger charge is 2.37. The summed E-state index contributed by atoms with van der Waals surface area (Å²) in [4.78, 5) is 28.3. The van der Waals surface area contributed by atoms with E-state index in [4.69, 9.17) is 5.73 Å². The molecule has 10 heteroatoms. The van der Waals surface area contributed by atoms with Crippen LogP contribution in [0.25, 0.3) is 22.2 Å². The molecule has 2 amide bonds. The van der Waals surface area contributed by atoms with Crippen LogP contribution in [0.1, 0.15) is 17.4 Å². The first-order valence-corrected chi connectivity index (χ1v) is 10.3. The third kappa shape index (κ3) is 3.34. The van der Waals surface area contributed by atoms with Gasteiger partial charge in [-0.05, 0) is 36.8 Å².